The van der Waals surface area contributed by atoms with Crippen molar-refractivity contribution < 1.29 is 14.3 Å². The molecule has 0 spiro atoms. The molecule has 3 heterocycles. The number of carbonyl (C=O) groups excluding carboxylic acids is 1. The molecule has 0 bridgehead atoms. The van der Waals surface area contributed by atoms with Crippen molar-refractivity contribution in [2.75, 3.05) is 40.0 Å². The SMILES string of the molecule is COCCOCC(=O)N1CCC(c2nccn2Cc2ccncc2)CC1. The summed E-state index contributed by atoms with van der Waals surface area (Å²) in [6.07, 6.45) is 9.36. The molecule has 0 atom stereocenters. The van der Waals surface area contributed by atoms with Gasteiger partial charge in [-0.1, -0.05) is 0 Å². The molecule has 7 nitrogen and oxygen atoms in total. The number of carbonyl (C=O) groups is 1. The Morgan fingerprint density at radius 1 is 1.19 bits per heavy atom. The van der Waals surface area contributed by atoms with Crippen LogP contribution in [0.15, 0.2) is 36.9 Å². The van der Waals surface area contributed by atoms with Gasteiger partial charge in [0.2, 0.25) is 5.91 Å². The van der Waals surface area contributed by atoms with E-state index in [1.807, 2.05) is 41.8 Å². The summed E-state index contributed by atoms with van der Waals surface area (Å²) in [5, 5.41) is 0. The van der Waals surface area contributed by atoms with Crippen molar-refractivity contribution in [2.45, 2.75) is 25.3 Å². The Labute approximate surface area is 154 Å². The molecule has 0 saturated carbocycles. The van der Waals surface area contributed by atoms with Crippen LogP contribution in [0, 0.1) is 0 Å². The summed E-state index contributed by atoms with van der Waals surface area (Å²) in [6, 6.07) is 4.04. The number of piperidine rings is 1. The Morgan fingerprint density at radius 3 is 2.69 bits per heavy atom. The number of amides is 1. The fraction of sp³-hybridized carbons (Fsp3) is 0.526. The van der Waals surface area contributed by atoms with E-state index in [9.17, 15) is 4.79 Å². The highest BCUT2D eigenvalue weighted by Gasteiger charge is 2.26. The molecule has 1 aliphatic rings. The predicted octanol–water partition coefficient (Wildman–Crippen LogP) is 1.70. The minimum absolute atomic E-state index is 0.0553. The van der Waals surface area contributed by atoms with E-state index in [4.69, 9.17) is 9.47 Å². The molecule has 0 N–H and O–H groups in total. The number of hydrogen-bond donors (Lipinski definition) is 0. The number of hydrogen-bond acceptors (Lipinski definition) is 5. The lowest BCUT2D eigenvalue weighted by Gasteiger charge is -2.32. The number of nitrogens with zero attached hydrogens (tertiary/aromatic N) is 4. The second kappa shape index (κ2) is 9.45. The summed E-state index contributed by atoms with van der Waals surface area (Å²) >= 11 is 0. The van der Waals surface area contributed by atoms with E-state index >= 15 is 0 Å². The van der Waals surface area contributed by atoms with E-state index in [1.54, 1.807) is 7.11 Å². The Morgan fingerprint density at radius 2 is 1.96 bits per heavy atom. The molecule has 26 heavy (non-hydrogen) atoms. The van der Waals surface area contributed by atoms with Crippen LogP contribution >= 0.6 is 0 Å². The third-order valence-electron chi connectivity index (χ3n) is 4.72. The topological polar surface area (TPSA) is 69.5 Å². The van der Waals surface area contributed by atoms with E-state index < -0.39 is 0 Å². The average Bonchev–Trinajstić information content (AvgIpc) is 3.14. The molecule has 1 amide bonds. The zero-order chi connectivity index (χ0) is 18.2. The van der Waals surface area contributed by atoms with Gasteiger partial charge in [-0.05, 0) is 30.5 Å². The first-order valence-electron chi connectivity index (χ1n) is 9.02. The molecule has 2 aromatic heterocycles. The summed E-state index contributed by atoms with van der Waals surface area (Å²) in [5.74, 6) is 1.54. The lowest BCUT2D eigenvalue weighted by atomic mass is 9.95. The van der Waals surface area contributed by atoms with Crippen LogP contribution in [0.5, 0.6) is 0 Å². The summed E-state index contributed by atoms with van der Waals surface area (Å²) in [7, 11) is 1.62. The fourth-order valence-corrected chi connectivity index (χ4v) is 3.28. The first-order chi connectivity index (χ1) is 12.8. The average molecular weight is 358 g/mol. The molecule has 7 heteroatoms. The van der Waals surface area contributed by atoms with Gasteiger partial charge in [0, 0.05) is 57.4 Å². The van der Waals surface area contributed by atoms with Gasteiger partial charge in [-0.15, -0.1) is 0 Å². The van der Waals surface area contributed by atoms with Gasteiger partial charge in [0.05, 0.1) is 13.2 Å². The molecule has 1 saturated heterocycles. The number of likely N-dealkylation sites (tertiary alicyclic amines) is 1. The van der Waals surface area contributed by atoms with Gasteiger partial charge in [0.1, 0.15) is 12.4 Å². The van der Waals surface area contributed by atoms with Crippen LogP contribution in [-0.2, 0) is 20.8 Å². The van der Waals surface area contributed by atoms with Crippen molar-refractivity contribution in [3.8, 4) is 0 Å². The molecule has 0 unspecified atom stereocenters. The number of methoxy groups -OCH3 is 1. The fourth-order valence-electron chi connectivity index (χ4n) is 3.28. The first-order valence-corrected chi connectivity index (χ1v) is 9.02. The lowest BCUT2D eigenvalue weighted by molar-refractivity contribution is -0.137. The van der Waals surface area contributed by atoms with Gasteiger partial charge in [-0.25, -0.2) is 4.98 Å². The molecule has 2 aromatic rings. The molecule has 0 aliphatic carbocycles. The highest BCUT2D eigenvalue weighted by Crippen LogP contribution is 2.27. The monoisotopic (exact) mass is 358 g/mol. The molecule has 3 rings (SSSR count). The van der Waals surface area contributed by atoms with Gasteiger partial charge in [-0.2, -0.15) is 0 Å². The van der Waals surface area contributed by atoms with E-state index in [-0.39, 0.29) is 12.5 Å². The van der Waals surface area contributed by atoms with Crippen LogP contribution in [0.25, 0.3) is 0 Å². The Bertz CT molecular complexity index is 681. The van der Waals surface area contributed by atoms with E-state index in [0.29, 0.717) is 19.1 Å². The van der Waals surface area contributed by atoms with Crippen molar-refractivity contribution >= 4 is 5.91 Å². The summed E-state index contributed by atoms with van der Waals surface area (Å²) in [5.41, 5.74) is 1.21. The summed E-state index contributed by atoms with van der Waals surface area (Å²) in [4.78, 5) is 22.7. The van der Waals surface area contributed by atoms with E-state index in [0.717, 1.165) is 38.3 Å². The number of aromatic nitrogens is 3. The molecule has 140 valence electrons. The third-order valence-corrected chi connectivity index (χ3v) is 4.72. The zero-order valence-electron chi connectivity index (χ0n) is 15.2. The third kappa shape index (κ3) is 4.89. The van der Waals surface area contributed by atoms with Crippen molar-refractivity contribution in [1.82, 2.24) is 19.4 Å². The molecule has 1 aliphatic heterocycles. The van der Waals surface area contributed by atoms with Crippen LogP contribution < -0.4 is 0 Å². The highest BCUT2D eigenvalue weighted by atomic mass is 16.5. The summed E-state index contributed by atoms with van der Waals surface area (Å²) in [6.45, 7) is 3.38. The minimum atomic E-state index is 0.0553. The second-order valence-corrected chi connectivity index (χ2v) is 6.47. The highest BCUT2D eigenvalue weighted by molar-refractivity contribution is 5.77. The van der Waals surface area contributed by atoms with E-state index in [2.05, 4.69) is 14.5 Å². The lowest BCUT2D eigenvalue weighted by Crippen LogP contribution is -2.40. The standard InChI is InChI=1S/C19H26N4O3/c1-25-12-13-26-15-18(24)22-9-4-17(5-10-22)19-21-8-11-23(19)14-16-2-6-20-7-3-16/h2-3,6-8,11,17H,4-5,9-10,12-15H2,1H3. The zero-order valence-corrected chi connectivity index (χ0v) is 15.2. The molecule has 0 aromatic carbocycles. The Balaban J connectivity index is 1.51. The van der Waals surface area contributed by atoms with Crippen molar-refractivity contribution in [3.05, 3.63) is 48.3 Å². The van der Waals surface area contributed by atoms with Gasteiger partial charge >= 0.3 is 0 Å². The maximum Gasteiger partial charge on any atom is 0.248 e. The molecule has 1 fully saturated rings. The van der Waals surface area contributed by atoms with Crippen LogP contribution in [-0.4, -0.2) is 65.4 Å². The molecular weight excluding hydrogens is 332 g/mol. The van der Waals surface area contributed by atoms with Gasteiger partial charge in [0.15, 0.2) is 0 Å². The largest absolute Gasteiger partial charge is 0.382 e. The molecule has 0 radical (unpaired) electrons. The van der Waals surface area contributed by atoms with Crippen LogP contribution in [0.4, 0.5) is 0 Å². The van der Waals surface area contributed by atoms with Gasteiger partial charge in [-0.3, -0.25) is 9.78 Å². The number of ether oxygens (including phenoxy) is 2. The van der Waals surface area contributed by atoms with Crippen LogP contribution in [0.2, 0.25) is 0 Å². The number of rotatable bonds is 8. The van der Waals surface area contributed by atoms with Crippen molar-refractivity contribution in [3.63, 3.8) is 0 Å². The normalized spacial score (nSPS) is 15.3. The molecular formula is C19H26N4O3. The van der Waals surface area contributed by atoms with Gasteiger partial charge < -0.3 is 18.9 Å². The smallest absolute Gasteiger partial charge is 0.248 e. The van der Waals surface area contributed by atoms with Crippen molar-refractivity contribution in [2.24, 2.45) is 0 Å². The second-order valence-electron chi connectivity index (χ2n) is 6.47. The maximum absolute atomic E-state index is 12.2. The quantitative estimate of drug-likeness (QED) is 0.672. The number of pyridine rings is 1. The Kier molecular flexibility index (Phi) is 6.74. The van der Waals surface area contributed by atoms with Crippen molar-refractivity contribution in [1.29, 1.82) is 0 Å². The summed E-state index contributed by atoms with van der Waals surface area (Å²) < 4.78 is 12.5. The predicted molar refractivity (Wildman–Crippen MR) is 96.8 cm³/mol. The minimum Gasteiger partial charge on any atom is -0.382 e. The Hall–Kier alpha value is -2.25. The van der Waals surface area contributed by atoms with Gasteiger partial charge in [0.25, 0.3) is 0 Å². The van der Waals surface area contributed by atoms with Crippen LogP contribution in [0.1, 0.15) is 30.1 Å². The maximum atomic E-state index is 12.2. The first kappa shape index (κ1) is 18.5. The van der Waals surface area contributed by atoms with E-state index in [1.165, 1.54) is 5.56 Å². The number of imidazole rings is 1. The van der Waals surface area contributed by atoms with Crippen LogP contribution in [0.3, 0.4) is 0 Å².